The van der Waals surface area contributed by atoms with Gasteiger partial charge in [0.15, 0.2) is 12.6 Å². The van der Waals surface area contributed by atoms with Crippen molar-refractivity contribution >= 4 is 11.9 Å². The molecule has 204 valence electrons. The first-order chi connectivity index (χ1) is 16.4. The minimum absolute atomic E-state index is 0.239. The predicted molar refractivity (Wildman–Crippen MR) is 116 cm³/mol. The molecule has 6 N–H and O–H groups in total. The number of aliphatic carboxylic acids is 1. The lowest BCUT2D eigenvalue weighted by Crippen LogP contribution is -2.63. The van der Waals surface area contributed by atoms with Crippen LogP contribution in [0.1, 0.15) is 53.4 Å². The molecule has 0 amide bonds. The second-order valence-corrected chi connectivity index (χ2v) is 8.96. The number of ether oxygens (including phenoxy) is 5. The highest BCUT2D eigenvalue weighted by Gasteiger charge is 2.50. The molecule has 12 atom stereocenters. The smallest absolute Gasteiger partial charge is 0.308 e. The summed E-state index contributed by atoms with van der Waals surface area (Å²) in [5, 5.41) is 60.1. The Labute approximate surface area is 203 Å². The minimum atomic E-state index is -1.66. The molecule has 2 heterocycles. The first-order valence-corrected chi connectivity index (χ1v) is 11.8. The quantitative estimate of drug-likeness (QED) is 0.178. The van der Waals surface area contributed by atoms with Crippen molar-refractivity contribution in [3.05, 3.63) is 0 Å². The number of esters is 1. The third-order valence-electron chi connectivity index (χ3n) is 6.22. The van der Waals surface area contributed by atoms with E-state index in [9.17, 15) is 35.1 Å². The molecule has 2 rings (SSSR count). The van der Waals surface area contributed by atoms with Gasteiger partial charge in [0.05, 0.1) is 31.2 Å². The fourth-order valence-electron chi connectivity index (χ4n) is 3.90. The molecule has 2 fully saturated rings. The Balaban J connectivity index is 2.10. The monoisotopic (exact) mass is 510 g/mol. The van der Waals surface area contributed by atoms with E-state index in [0.717, 1.165) is 0 Å². The fourth-order valence-corrected chi connectivity index (χ4v) is 3.90. The van der Waals surface area contributed by atoms with Gasteiger partial charge in [-0.2, -0.15) is 0 Å². The molecule has 0 spiro atoms. The SMILES string of the molecule is CCC(CC(=O)O)OC(=O)CC(CC)OC1OC(C)C(O)C(O)C1OC1OC(C)C(O)C(O)C1O. The van der Waals surface area contributed by atoms with Crippen LogP contribution in [0, 0.1) is 0 Å². The van der Waals surface area contributed by atoms with Crippen LogP contribution >= 0.6 is 0 Å². The van der Waals surface area contributed by atoms with Crippen LogP contribution in [-0.2, 0) is 33.3 Å². The molecule has 0 bridgehead atoms. The lowest BCUT2D eigenvalue weighted by atomic mass is 9.98. The number of carbonyl (C=O) groups is 2. The first kappa shape index (κ1) is 29.8. The largest absolute Gasteiger partial charge is 0.481 e. The fraction of sp³-hybridized carbons (Fsp3) is 0.909. The zero-order valence-electron chi connectivity index (χ0n) is 20.3. The summed E-state index contributed by atoms with van der Waals surface area (Å²) in [4.78, 5) is 23.3. The van der Waals surface area contributed by atoms with Crippen molar-refractivity contribution in [1.82, 2.24) is 0 Å². The van der Waals surface area contributed by atoms with Gasteiger partial charge in [0.2, 0.25) is 0 Å². The van der Waals surface area contributed by atoms with E-state index in [-0.39, 0.29) is 12.8 Å². The summed E-state index contributed by atoms with van der Waals surface area (Å²) in [6.07, 6.45) is -15.0. The highest BCUT2D eigenvalue weighted by Crippen LogP contribution is 2.30. The Kier molecular flexibility index (Phi) is 11.3. The van der Waals surface area contributed by atoms with Crippen molar-refractivity contribution in [1.29, 1.82) is 0 Å². The van der Waals surface area contributed by atoms with Gasteiger partial charge in [-0.25, -0.2) is 0 Å². The van der Waals surface area contributed by atoms with Gasteiger partial charge < -0.3 is 54.3 Å². The average molecular weight is 511 g/mol. The van der Waals surface area contributed by atoms with E-state index in [4.69, 9.17) is 28.8 Å². The summed E-state index contributed by atoms with van der Waals surface area (Å²) in [5.41, 5.74) is 0. The second kappa shape index (κ2) is 13.2. The van der Waals surface area contributed by atoms with Crippen molar-refractivity contribution in [2.24, 2.45) is 0 Å². The van der Waals surface area contributed by atoms with Crippen molar-refractivity contribution in [3.63, 3.8) is 0 Å². The second-order valence-electron chi connectivity index (χ2n) is 8.96. The molecule has 2 saturated heterocycles. The molecule has 35 heavy (non-hydrogen) atoms. The topological polar surface area (TPSA) is 202 Å². The Morgan fingerprint density at radius 3 is 1.86 bits per heavy atom. The van der Waals surface area contributed by atoms with Gasteiger partial charge in [0, 0.05) is 0 Å². The van der Waals surface area contributed by atoms with Crippen LogP contribution in [0.4, 0.5) is 0 Å². The van der Waals surface area contributed by atoms with Crippen LogP contribution in [0.3, 0.4) is 0 Å². The van der Waals surface area contributed by atoms with Crippen LogP contribution in [-0.4, -0.2) is 116 Å². The van der Waals surface area contributed by atoms with E-state index in [0.29, 0.717) is 12.8 Å². The van der Waals surface area contributed by atoms with Gasteiger partial charge in [0.1, 0.15) is 42.7 Å². The summed E-state index contributed by atoms with van der Waals surface area (Å²) < 4.78 is 27.9. The Morgan fingerprint density at radius 2 is 1.31 bits per heavy atom. The molecular formula is C22H38O13. The lowest BCUT2D eigenvalue weighted by molar-refractivity contribution is -0.366. The number of aliphatic hydroxyl groups excluding tert-OH is 5. The van der Waals surface area contributed by atoms with E-state index in [1.807, 2.05) is 0 Å². The molecule has 0 aliphatic carbocycles. The number of carboxylic acid groups (broad SMARTS) is 1. The van der Waals surface area contributed by atoms with Gasteiger partial charge in [-0.1, -0.05) is 13.8 Å². The van der Waals surface area contributed by atoms with E-state index < -0.39 is 85.6 Å². The van der Waals surface area contributed by atoms with Gasteiger partial charge in [-0.05, 0) is 26.7 Å². The van der Waals surface area contributed by atoms with Gasteiger partial charge in [0.25, 0.3) is 0 Å². The van der Waals surface area contributed by atoms with Crippen LogP contribution in [0.15, 0.2) is 0 Å². The van der Waals surface area contributed by atoms with Gasteiger partial charge in [-0.3, -0.25) is 9.59 Å². The van der Waals surface area contributed by atoms with Crippen LogP contribution in [0.25, 0.3) is 0 Å². The lowest BCUT2D eigenvalue weighted by Gasteiger charge is -2.46. The van der Waals surface area contributed by atoms with E-state index in [1.54, 1.807) is 13.8 Å². The molecule has 0 aromatic heterocycles. The third kappa shape index (κ3) is 7.78. The number of hydrogen-bond acceptors (Lipinski definition) is 12. The molecule has 13 nitrogen and oxygen atoms in total. The number of aliphatic hydroxyl groups is 5. The molecule has 0 aromatic carbocycles. The zero-order valence-corrected chi connectivity index (χ0v) is 20.3. The van der Waals surface area contributed by atoms with Crippen LogP contribution in [0.5, 0.6) is 0 Å². The van der Waals surface area contributed by atoms with E-state index in [1.165, 1.54) is 13.8 Å². The number of carbonyl (C=O) groups excluding carboxylic acids is 1. The van der Waals surface area contributed by atoms with Crippen molar-refractivity contribution in [2.75, 3.05) is 0 Å². The molecule has 0 radical (unpaired) electrons. The summed E-state index contributed by atoms with van der Waals surface area (Å²) in [7, 11) is 0. The zero-order chi connectivity index (χ0) is 26.4. The van der Waals surface area contributed by atoms with Crippen LogP contribution in [0.2, 0.25) is 0 Å². The minimum Gasteiger partial charge on any atom is -0.481 e. The van der Waals surface area contributed by atoms with Crippen molar-refractivity contribution in [3.8, 4) is 0 Å². The summed E-state index contributed by atoms with van der Waals surface area (Å²) in [5.74, 6) is -1.77. The van der Waals surface area contributed by atoms with Crippen molar-refractivity contribution in [2.45, 2.75) is 127 Å². The average Bonchev–Trinajstić information content (AvgIpc) is 2.80. The highest BCUT2D eigenvalue weighted by molar-refractivity contribution is 5.71. The Bertz CT molecular complexity index is 690. The summed E-state index contributed by atoms with van der Waals surface area (Å²) in [6, 6.07) is 0. The Hall–Kier alpha value is -1.42. The maximum Gasteiger partial charge on any atom is 0.308 e. The molecule has 0 aromatic rings. The Morgan fingerprint density at radius 1 is 0.771 bits per heavy atom. The molecule has 12 unspecified atom stereocenters. The summed E-state index contributed by atoms with van der Waals surface area (Å²) in [6.45, 7) is 6.38. The first-order valence-electron chi connectivity index (χ1n) is 11.8. The van der Waals surface area contributed by atoms with E-state index >= 15 is 0 Å². The van der Waals surface area contributed by atoms with Gasteiger partial charge in [-0.15, -0.1) is 0 Å². The summed E-state index contributed by atoms with van der Waals surface area (Å²) >= 11 is 0. The highest BCUT2D eigenvalue weighted by atomic mass is 16.8. The maximum atomic E-state index is 12.4. The number of carboxylic acids is 1. The molecule has 0 saturated carbocycles. The van der Waals surface area contributed by atoms with E-state index in [2.05, 4.69) is 0 Å². The molecule has 2 aliphatic rings. The number of rotatable bonds is 11. The third-order valence-corrected chi connectivity index (χ3v) is 6.22. The molecule has 13 heteroatoms. The molecule has 2 aliphatic heterocycles. The normalized spacial score (nSPS) is 39.6. The maximum absolute atomic E-state index is 12.4. The predicted octanol–water partition coefficient (Wildman–Crippen LogP) is -1.35. The number of hydrogen-bond donors (Lipinski definition) is 6. The van der Waals surface area contributed by atoms with Crippen molar-refractivity contribution < 1.29 is 63.9 Å². The van der Waals surface area contributed by atoms with Crippen LogP contribution < -0.4 is 0 Å². The van der Waals surface area contributed by atoms with Gasteiger partial charge >= 0.3 is 11.9 Å². The standard InChI is InChI=1S/C22H38O13/c1-5-11(7-13(23)24)33-14(25)8-12(6-2)34-22-20(18(29)16(27)10(4)32-22)35-21-19(30)17(28)15(26)9(3)31-21/h9-12,15-22,26-30H,5-8H2,1-4H3,(H,23,24). The molecular weight excluding hydrogens is 472 g/mol.